The van der Waals surface area contributed by atoms with Crippen LogP contribution in [0.25, 0.3) is 0 Å². The Labute approximate surface area is 128 Å². The molecule has 7 heteroatoms. The maximum absolute atomic E-state index is 12.2. The quantitative estimate of drug-likeness (QED) is 0.770. The van der Waals surface area contributed by atoms with Gasteiger partial charge in [0.25, 0.3) is 0 Å². The third-order valence-electron chi connectivity index (χ3n) is 4.28. The molecule has 3 N–H and O–H groups in total. The van der Waals surface area contributed by atoms with Gasteiger partial charge in [0.2, 0.25) is 10.0 Å². The molecule has 2 fully saturated rings. The molecule has 2 rings (SSSR count). The highest BCUT2D eigenvalue weighted by Crippen LogP contribution is 2.26. The molecule has 120 valence electrons. The summed E-state index contributed by atoms with van der Waals surface area (Å²) < 4.78 is 32.4. The fourth-order valence-corrected chi connectivity index (χ4v) is 4.91. The highest BCUT2D eigenvalue weighted by atomic mass is 35.5. The van der Waals surface area contributed by atoms with Crippen LogP contribution in [0.3, 0.4) is 0 Å². The fraction of sp³-hybridized carbons (Fsp3) is 1.00. The van der Waals surface area contributed by atoms with Gasteiger partial charge < -0.3 is 10.5 Å². The molecule has 0 aromatic carbocycles. The van der Waals surface area contributed by atoms with Crippen LogP contribution in [0, 0.1) is 11.8 Å². The minimum Gasteiger partial charge on any atom is -0.381 e. The summed E-state index contributed by atoms with van der Waals surface area (Å²) in [5, 5.41) is 0. The summed E-state index contributed by atoms with van der Waals surface area (Å²) in [6, 6.07) is -0.0902. The number of halogens is 1. The Morgan fingerprint density at radius 1 is 1.20 bits per heavy atom. The Morgan fingerprint density at radius 3 is 2.45 bits per heavy atom. The first-order valence-corrected chi connectivity index (χ1v) is 9.04. The van der Waals surface area contributed by atoms with Crippen LogP contribution >= 0.6 is 12.4 Å². The highest BCUT2D eigenvalue weighted by Gasteiger charge is 2.29. The van der Waals surface area contributed by atoms with Crippen molar-refractivity contribution in [2.45, 2.75) is 44.6 Å². The van der Waals surface area contributed by atoms with Crippen LogP contribution in [0.15, 0.2) is 0 Å². The molecule has 0 bridgehead atoms. The lowest BCUT2D eigenvalue weighted by Crippen LogP contribution is -2.47. The minimum atomic E-state index is -3.24. The van der Waals surface area contributed by atoms with Crippen molar-refractivity contribution in [3.05, 3.63) is 0 Å². The van der Waals surface area contributed by atoms with Crippen molar-refractivity contribution in [3.8, 4) is 0 Å². The smallest absolute Gasteiger partial charge is 0.212 e. The third kappa shape index (κ3) is 5.48. The van der Waals surface area contributed by atoms with Gasteiger partial charge in [0, 0.05) is 19.2 Å². The van der Waals surface area contributed by atoms with Gasteiger partial charge in [-0.05, 0) is 31.1 Å². The van der Waals surface area contributed by atoms with Gasteiger partial charge in [-0.3, -0.25) is 0 Å². The van der Waals surface area contributed by atoms with Gasteiger partial charge in [-0.15, -0.1) is 12.4 Å². The van der Waals surface area contributed by atoms with Crippen molar-refractivity contribution in [3.63, 3.8) is 0 Å². The maximum atomic E-state index is 12.2. The van der Waals surface area contributed by atoms with E-state index < -0.39 is 10.0 Å². The van der Waals surface area contributed by atoms with E-state index in [0.717, 1.165) is 19.3 Å². The van der Waals surface area contributed by atoms with Crippen molar-refractivity contribution >= 4 is 22.4 Å². The zero-order chi connectivity index (χ0) is 13.7. The molecule has 2 aliphatic rings. The number of nitrogens with two attached hydrogens (primary N) is 1. The largest absolute Gasteiger partial charge is 0.381 e. The van der Waals surface area contributed by atoms with E-state index >= 15 is 0 Å². The topological polar surface area (TPSA) is 81.4 Å². The Bertz CT molecular complexity index is 366. The molecule has 1 saturated heterocycles. The SMILES string of the molecule is Cl.NCC(NS(=O)(=O)CC1CCOC1)C1CCCCC1. The summed E-state index contributed by atoms with van der Waals surface area (Å²) in [6.07, 6.45) is 6.68. The van der Waals surface area contributed by atoms with Crippen molar-refractivity contribution in [2.24, 2.45) is 17.6 Å². The van der Waals surface area contributed by atoms with Crippen molar-refractivity contribution in [1.29, 1.82) is 0 Å². The van der Waals surface area contributed by atoms with Crippen LogP contribution < -0.4 is 10.5 Å². The molecule has 0 aromatic rings. The average Bonchev–Trinajstić information content (AvgIpc) is 2.89. The average molecular weight is 327 g/mol. The Balaban J connectivity index is 0.00000200. The molecule has 0 amide bonds. The first-order chi connectivity index (χ1) is 9.11. The number of ether oxygens (including phenoxy) is 1. The molecule has 1 aliphatic carbocycles. The summed E-state index contributed by atoms with van der Waals surface area (Å²) in [5.74, 6) is 0.728. The predicted octanol–water partition coefficient (Wildman–Crippen LogP) is 1.27. The van der Waals surface area contributed by atoms with E-state index in [9.17, 15) is 8.42 Å². The second-order valence-corrected chi connectivity index (χ2v) is 7.67. The van der Waals surface area contributed by atoms with Crippen LogP contribution in [0.5, 0.6) is 0 Å². The molecular formula is C13H27ClN2O3S. The van der Waals surface area contributed by atoms with E-state index in [0.29, 0.717) is 25.7 Å². The summed E-state index contributed by atoms with van der Waals surface area (Å²) in [4.78, 5) is 0. The molecule has 0 radical (unpaired) electrons. The van der Waals surface area contributed by atoms with Crippen LogP contribution in [0.2, 0.25) is 0 Å². The maximum Gasteiger partial charge on any atom is 0.212 e. The van der Waals surface area contributed by atoms with E-state index in [4.69, 9.17) is 10.5 Å². The fourth-order valence-electron chi connectivity index (χ4n) is 3.18. The zero-order valence-electron chi connectivity index (χ0n) is 11.9. The molecular weight excluding hydrogens is 300 g/mol. The standard InChI is InChI=1S/C13H26N2O3S.ClH/c14-8-13(12-4-2-1-3-5-12)15-19(16,17)10-11-6-7-18-9-11;/h11-13,15H,1-10,14H2;1H. The first kappa shape index (κ1) is 18.2. The number of sulfonamides is 1. The molecule has 20 heavy (non-hydrogen) atoms. The van der Waals surface area contributed by atoms with Gasteiger partial charge in [-0.2, -0.15) is 0 Å². The van der Waals surface area contributed by atoms with Crippen LogP contribution in [0.4, 0.5) is 0 Å². The normalized spacial score (nSPS) is 26.1. The van der Waals surface area contributed by atoms with E-state index in [1.54, 1.807) is 0 Å². The minimum absolute atomic E-state index is 0. The Kier molecular flexibility index (Phi) is 7.75. The lowest BCUT2D eigenvalue weighted by molar-refractivity contribution is 0.188. The van der Waals surface area contributed by atoms with Crippen LogP contribution in [-0.2, 0) is 14.8 Å². The van der Waals surface area contributed by atoms with Crippen molar-refractivity contribution < 1.29 is 13.2 Å². The van der Waals surface area contributed by atoms with Crippen LogP contribution in [-0.4, -0.2) is 40.0 Å². The Hall–Kier alpha value is 0.120. The van der Waals surface area contributed by atoms with E-state index in [2.05, 4.69) is 4.72 Å². The molecule has 0 aromatic heterocycles. The first-order valence-electron chi connectivity index (χ1n) is 7.38. The van der Waals surface area contributed by atoms with Gasteiger partial charge in [-0.25, -0.2) is 13.1 Å². The van der Waals surface area contributed by atoms with Gasteiger partial charge in [0.1, 0.15) is 0 Å². The lowest BCUT2D eigenvalue weighted by Gasteiger charge is -2.30. The van der Waals surface area contributed by atoms with E-state index in [1.165, 1.54) is 19.3 Å². The predicted molar refractivity (Wildman–Crippen MR) is 82.5 cm³/mol. The number of hydrogen-bond acceptors (Lipinski definition) is 4. The van der Waals surface area contributed by atoms with Gasteiger partial charge in [-0.1, -0.05) is 19.3 Å². The third-order valence-corrected chi connectivity index (χ3v) is 5.85. The second-order valence-electron chi connectivity index (χ2n) is 5.87. The summed E-state index contributed by atoms with van der Waals surface area (Å²) in [7, 11) is -3.24. The molecule has 5 nitrogen and oxygen atoms in total. The van der Waals surface area contributed by atoms with Crippen LogP contribution in [0.1, 0.15) is 38.5 Å². The lowest BCUT2D eigenvalue weighted by atomic mass is 9.84. The molecule has 1 saturated carbocycles. The number of nitrogens with one attached hydrogen (secondary N) is 1. The van der Waals surface area contributed by atoms with Gasteiger partial charge in [0.15, 0.2) is 0 Å². The van der Waals surface area contributed by atoms with Crippen molar-refractivity contribution in [1.82, 2.24) is 4.72 Å². The Morgan fingerprint density at radius 2 is 1.90 bits per heavy atom. The molecule has 2 atom stereocenters. The molecule has 1 heterocycles. The van der Waals surface area contributed by atoms with Crippen molar-refractivity contribution in [2.75, 3.05) is 25.5 Å². The molecule has 2 unspecified atom stereocenters. The number of hydrogen-bond donors (Lipinski definition) is 2. The van der Waals surface area contributed by atoms with E-state index in [1.807, 2.05) is 0 Å². The highest BCUT2D eigenvalue weighted by molar-refractivity contribution is 7.89. The summed E-state index contributed by atoms with van der Waals surface area (Å²) in [6.45, 7) is 1.64. The van der Waals surface area contributed by atoms with E-state index in [-0.39, 0.29) is 30.1 Å². The summed E-state index contributed by atoms with van der Waals surface area (Å²) >= 11 is 0. The van der Waals surface area contributed by atoms with Gasteiger partial charge >= 0.3 is 0 Å². The zero-order valence-corrected chi connectivity index (χ0v) is 13.6. The van der Waals surface area contributed by atoms with Gasteiger partial charge in [0.05, 0.1) is 12.4 Å². The monoisotopic (exact) mass is 326 g/mol. The summed E-state index contributed by atoms with van der Waals surface area (Å²) in [5.41, 5.74) is 5.77. The molecule has 1 aliphatic heterocycles. The second kappa shape index (κ2) is 8.54. The molecule has 0 spiro atoms. The number of rotatable bonds is 6.